The number of aliphatic hydroxyl groups is 1. The molecule has 6 nitrogen and oxygen atoms in total. The standard InChI is InChI=1S/C14H15N5OS/c1-8-4-5-11(6-9(8)2)13-12(7-20)16-18-19(13)14-17-15-10(3)21-14/h4-6,20H,7H2,1-3H3. The van der Waals surface area contributed by atoms with Gasteiger partial charge in [0, 0.05) is 5.56 Å². The Morgan fingerprint density at radius 2 is 1.90 bits per heavy atom. The van der Waals surface area contributed by atoms with Crippen LogP contribution < -0.4 is 0 Å². The van der Waals surface area contributed by atoms with E-state index < -0.39 is 0 Å². The highest BCUT2D eigenvalue weighted by atomic mass is 32.1. The predicted octanol–water partition coefficient (Wildman–Crippen LogP) is 2.20. The second kappa shape index (κ2) is 5.34. The molecule has 0 amide bonds. The Labute approximate surface area is 126 Å². The van der Waals surface area contributed by atoms with Crippen LogP contribution in [0.2, 0.25) is 0 Å². The Morgan fingerprint density at radius 1 is 1.10 bits per heavy atom. The van der Waals surface area contributed by atoms with Crippen molar-refractivity contribution in [1.82, 2.24) is 25.2 Å². The van der Waals surface area contributed by atoms with E-state index in [2.05, 4.69) is 46.5 Å². The number of aliphatic hydroxyl groups excluding tert-OH is 1. The number of hydrogen-bond donors (Lipinski definition) is 1. The first-order valence-corrected chi connectivity index (χ1v) is 7.35. The van der Waals surface area contributed by atoms with Crippen LogP contribution in [-0.2, 0) is 6.61 Å². The van der Waals surface area contributed by atoms with E-state index in [-0.39, 0.29) is 6.61 Å². The van der Waals surface area contributed by atoms with Gasteiger partial charge in [-0.05, 0) is 38.0 Å². The zero-order chi connectivity index (χ0) is 15.0. The van der Waals surface area contributed by atoms with Crippen LogP contribution >= 0.6 is 11.3 Å². The van der Waals surface area contributed by atoms with Crippen molar-refractivity contribution in [3.05, 3.63) is 40.0 Å². The van der Waals surface area contributed by atoms with E-state index in [1.54, 1.807) is 4.68 Å². The van der Waals surface area contributed by atoms with E-state index in [9.17, 15) is 5.11 Å². The molecule has 0 radical (unpaired) electrons. The molecule has 0 unspecified atom stereocenters. The molecule has 0 aliphatic carbocycles. The summed E-state index contributed by atoms with van der Waals surface area (Å²) < 4.78 is 1.64. The normalized spacial score (nSPS) is 11.0. The van der Waals surface area contributed by atoms with Crippen LogP contribution in [-0.4, -0.2) is 30.3 Å². The van der Waals surface area contributed by atoms with E-state index in [0.717, 1.165) is 16.3 Å². The summed E-state index contributed by atoms with van der Waals surface area (Å²) in [6, 6.07) is 6.12. The molecule has 0 saturated carbocycles. The number of nitrogens with zero attached hydrogens (tertiary/aromatic N) is 5. The Hall–Kier alpha value is -2.12. The molecule has 108 valence electrons. The van der Waals surface area contributed by atoms with Crippen LogP contribution in [0.15, 0.2) is 18.2 Å². The zero-order valence-electron chi connectivity index (χ0n) is 12.0. The summed E-state index contributed by atoms with van der Waals surface area (Å²) in [6.45, 7) is 5.84. The van der Waals surface area contributed by atoms with Crippen molar-refractivity contribution in [2.24, 2.45) is 0 Å². The minimum absolute atomic E-state index is 0.167. The van der Waals surface area contributed by atoms with Crippen molar-refractivity contribution < 1.29 is 5.11 Å². The van der Waals surface area contributed by atoms with E-state index in [4.69, 9.17) is 0 Å². The molecule has 21 heavy (non-hydrogen) atoms. The van der Waals surface area contributed by atoms with Crippen LogP contribution in [0.1, 0.15) is 21.8 Å². The number of benzene rings is 1. The quantitative estimate of drug-likeness (QED) is 0.802. The molecule has 3 aromatic rings. The maximum absolute atomic E-state index is 9.52. The van der Waals surface area contributed by atoms with E-state index >= 15 is 0 Å². The van der Waals surface area contributed by atoms with Gasteiger partial charge in [0.1, 0.15) is 16.4 Å². The van der Waals surface area contributed by atoms with Gasteiger partial charge in [-0.15, -0.1) is 15.3 Å². The maximum atomic E-state index is 9.52. The van der Waals surface area contributed by atoms with Crippen molar-refractivity contribution in [3.63, 3.8) is 0 Å². The predicted molar refractivity (Wildman–Crippen MR) is 80.4 cm³/mol. The zero-order valence-corrected chi connectivity index (χ0v) is 12.8. The molecular formula is C14H15N5OS. The summed E-state index contributed by atoms with van der Waals surface area (Å²) in [7, 11) is 0. The highest BCUT2D eigenvalue weighted by molar-refractivity contribution is 7.13. The fourth-order valence-corrected chi connectivity index (χ4v) is 2.74. The fourth-order valence-electron chi connectivity index (χ4n) is 2.10. The summed E-state index contributed by atoms with van der Waals surface area (Å²) >= 11 is 1.44. The maximum Gasteiger partial charge on any atom is 0.234 e. The van der Waals surface area contributed by atoms with E-state index in [1.807, 2.05) is 13.0 Å². The summed E-state index contributed by atoms with van der Waals surface area (Å²) in [5.74, 6) is 0. The van der Waals surface area contributed by atoms with E-state index in [0.29, 0.717) is 10.8 Å². The fraction of sp³-hybridized carbons (Fsp3) is 0.286. The lowest BCUT2D eigenvalue weighted by molar-refractivity contribution is 0.277. The van der Waals surface area contributed by atoms with Gasteiger partial charge in [0.2, 0.25) is 5.13 Å². The number of rotatable bonds is 3. The lowest BCUT2D eigenvalue weighted by atomic mass is 10.0. The van der Waals surface area contributed by atoms with Gasteiger partial charge < -0.3 is 5.11 Å². The second-order valence-electron chi connectivity index (χ2n) is 4.86. The second-order valence-corrected chi connectivity index (χ2v) is 6.02. The number of aromatic nitrogens is 5. The molecule has 2 heterocycles. The van der Waals surface area contributed by atoms with Crippen LogP contribution in [0.4, 0.5) is 0 Å². The van der Waals surface area contributed by atoms with Crippen molar-refractivity contribution >= 4 is 11.3 Å². The minimum Gasteiger partial charge on any atom is -0.390 e. The largest absolute Gasteiger partial charge is 0.390 e. The van der Waals surface area contributed by atoms with Gasteiger partial charge in [-0.3, -0.25) is 0 Å². The van der Waals surface area contributed by atoms with Gasteiger partial charge in [-0.25, -0.2) is 0 Å². The van der Waals surface area contributed by atoms with Crippen molar-refractivity contribution in [1.29, 1.82) is 0 Å². The third-order valence-electron chi connectivity index (χ3n) is 3.37. The molecule has 1 aromatic carbocycles. The van der Waals surface area contributed by atoms with Crippen molar-refractivity contribution in [2.75, 3.05) is 0 Å². The van der Waals surface area contributed by atoms with Gasteiger partial charge in [0.25, 0.3) is 0 Å². The molecule has 0 spiro atoms. The topological polar surface area (TPSA) is 76.7 Å². The van der Waals surface area contributed by atoms with Crippen molar-refractivity contribution in [3.8, 4) is 16.4 Å². The average Bonchev–Trinajstić information content (AvgIpc) is 3.07. The first-order chi connectivity index (χ1) is 10.1. The molecule has 0 aliphatic rings. The lowest BCUT2D eigenvalue weighted by Crippen LogP contribution is -2.00. The van der Waals surface area contributed by atoms with Gasteiger partial charge >= 0.3 is 0 Å². The van der Waals surface area contributed by atoms with Gasteiger partial charge in [0.15, 0.2) is 0 Å². The van der Waals surface area contributed by atoms with Crippen LogP contribution in [0.3, 0.4) is 0 Å². The van der Waals surface area contributed by atoms with Gasteiger partial charge in [-0.1, -0.05) is 28.7 Å². The minimum atomic E-state index is -0.167. The summed E-state index contributed by atoms with van der Waals surface area (Å²) in [6.07, 6.45) is 0. The first kappa shape index (κ1) is 13.8. The third kappa shape index (κ3) is 2.45. The number of aryl methyl sites for hydroxylation is 3. The molecule has 0 aliphatic heterocycles. The van der Waals surface area contributed by atoms with E-state index in [1.165, 1.54) is 22.5 Å². The molecule has 0 atom stereocenters. The Kier molecular flexibility index (Phi) is 3.52. The van der Waals surface area contributed by atoms with Crippen LogP contribution in [0.5, 0.6) is 0 Å². The Bertz CT molecular complexity index is 793. The monoisotopic (exact) mass is 301 g/mol. The van der Waals surface area contributed by atoms with Gasteiger partial charge in [-0.2, -0.15) is 4.68 Å². The molecule has 7 heteroatoms. The summed E-state index contributed by atoms with van der Waals surface area (Å²) in [4.78, 5) is 0. The summed E-state index contributed by atoms with van der Waals surface area (Å²) in [5, 5.41) is 27.3. The molecule has 0 bridgehead atoms. The average molecular weight is 301 g/mol. The Morgan fingerprint density at radius 3 is 2.52 bits per heavy atom. The highest BCUT2D eigenvalue weighted by Gasteiger charge is 2.18. The SMILES string of the molecule is Cc1nnc(-n2nnc(CO)c2-c2ccc(C)c(C)c2)s1. The number of hydrogen-bond acceptors (Lipinski definition) is 6. The lowest BCUT2D eigenvalue weighted by Gasteiger charge is -2.07. The smallest absolute Gasteiger partial charge is 0.234 e. The molecule has 3 rings (SSSR count). The molecule has 1 N–H and O–H groups in total. The Balaban J connectivity index is 2.20. The highest BCUT2D eigenvalue weighted by Crippen LogP contribution is 2.28. The van der Waals surface area contributed by atoms with Crippen molar-refractivity contribution in [2.45, 2.75) is 27.4 Å². The first-order valence-electron chi connectivity index (χ1n) is 6.53. The molecule has 2 aromatic heterocycles. The van der Waals surface area contributed by atoms with Crippen LogP contribution in [0, 0.1) is 20.8 Å². The summed E-state index contributed by atoms with van der Waals surface area (Å²) in [5.41, 5.74) is 4.65. The van der Waals surface area contributed by atoms with Crippen LogP contribution in [0.25, 0.3) is 16.4 Å². The van der Waals surface area contributed by atoms with Gasteiger partial charge in [0.05, 0.1) is 6.61 Å². The molecular weight excluding hydrogens is 286 g/mol. The molecule has 0 saturated heterocycles. The molecule has 0 fully saturated rings. The third-order valence-corrected chi connectivity index (χ3v) is 4.18.